The van der Waals surface area contributed by atoms with Crippen molar-refractivity contribution in [2.75, 3.05) is 18.0 Å². The molecule has 2 atom stereocenters. The lowest BCUT2D eigenvalue weighted by Crippen LogP contribution is -2.45. The van der Waals surface area contributed by atoms with Crippen molar-refractivity contribution in [3.05, 3.63) is 78.6 Å². The average Bonchev–Trinajstić information content (AvgIpc) is 2.84. The zero-order valence-electron chi connectivity index (χ0n) is 18.5. The maximum atomic E-state index is 13.0. The Morgan fingerprint density at radius 3 is 2.59 bits per heavy atom. The quantitative estimate of drug-likeness (QED) is 0.565. The predicted octanol–water partition coefficient (Wildman–Crippen LogP) is 4.62. The Labute approximate surface area is 189 Å². The lowest BCUT2D eigenvalue weighted by Gasteiger charge is -2.33. The molecule has 1 amide bonds. The second-order valence-electron chi connectivity index (χ2n) is 8.32. The van der Waals surface area contributed by atoms with Gasteiger partial charge in [0.05, 0.1) is 5.92 Å². The van der Waals surface area contributed by atoms with Crippen LogP contribution in [0.4, 0.5) is 5.82 Å². The number of hydrogen-bond donors (Lipinski definition) is 1. The second kappa shape index (κ2) is 10.8. The monoisotopic (exact) mass is 430 g/mol. The number of anilines is 1. The highest BCUT2D eigenvalue weighted by Crippen LogP contribution is 2.31. The van der Waals surface area contributed by atoms with Crippen molar-refractivity contribution in [1.82, 2.24) is 15.3 Å². The molecular weight excluding hydrogens is 400 g/mol. The number of piperidine rings is 1. The molecule has 0 radical (unpaired) electrons. The van der Waals surface area contributed by atoms with E-state index in [0.29, 0.717) is 24.0 Å². The molecule has 0 aliphatic carbocycles. The summed E-state index contributed by atoms with van der Waals surface area (Å²) in [4.78, 5) is 24.0. The Morgan fingerprint density at radius 2 is 1.81 bits per heavy atom. The summed E-state index contributed by atoms with van der Waals surface area (Å²) in [6.07, 6.45) is 6.98. The first-order chi connectivity index (χ1) is 15.7. The van der Waals surface area contributed by atoms with Gasteiger partial charge < -0.3 is 15.0 Å². The fraction of sp³-hybridized carbons (Fsp3) is 0.346. The van der Waals surface area contributed by atoms with E-state index < -0.39 is 0 Å². The molecule has 6 heteroatoms. The summed E-state index contributed by atoms with van der Waals surface area (Å²) in [6, 6.07) is 20.1. The molecule has 2 heterocycles. The number of aromatic nitrogens is 2. The third kappa shape index (κ3) is 5.84. The van der Waals surface area contributed by atoms with Crippen molar-refractivity contribution < 1.29 is 9.53 Å². The Kier molecular flexibility index (Phi) is 7.33. The standard InChI is InChI=1S/C26H30N4O2/c1-20(14-15-21-9-4-2-5-10-21)29-25(31)22-11-8-18-30(19-22)24-26(28-17-16-27-24)32-23-12-6-3-7-13-23/h2-7,9-10,12-13,16-17,20,22H,8,11,14-15,18-19H2,1H3,(H,29,31)/t20-,22-/m1/s1. The van der Waals surface area contributed by atoms with Gasteiger partial charge in [0, 0.05) is 31.5 Å². The molecule has 0 saturated carbocycles. The van der Waals surface area contributed by atoms with Crippen LogP contribution in [-0.4, -0.2) is 35.0 Å². The number of nitrogens with one attached hydrogen (secondary N) is 1. The van der Waals surface area contributed by atoms with Gasteiger partial charge in [0.1, 0.15) is 5.75 Å². The average molecular weight is 431 g/mol. The van der Waals surface area contributed by atoms with E-state index in [-0.39, 0.29) is 17.9 Å². The number of carbonyl (C=O) groups is 1. The first kappa shape index (κ1) is 21.8. The number of amides is 1. The minimum atomic E-state index is -0.0745. The third-order valence-corrected chi connectivity index (χ3v) is 5.79. The second-order valence-corrected chi connectivity index (χ2v) is 8.32. The zero-order valence-corrected chi connectivity index (χ0v) is 18.5. The fourth-order valence-corrected chi connectivity index (χ4v) is 4.05. The van der Waals surface area contributed by atoms with Crippen LogP contribution in [0, 0.1) is 5.92 Å². The molecule has 0 unspecified atom stereocenters. The molecule has 6 nitrogen and oxygen atoms in total. The molecular formula is C26H30N4O2. The van der Waals surface area contributed by atoms with Crippen LogP contribution in [0.15, 0.2) is 73.1 Å². The van der Waals surface area contributed by atoms with E-state index in [1.165, 1.54) is 5.56 Å². The predicted molar refractivity (Wildman–Crippen MR) is 126 cm³/mol. The smallest absolute Gasteiger partial charge is 0.263 e. The lowest BCUT2D eigenvalue weighted by atomic mass is 9.96. The number of aryl methyl sites for hydroxylation is 1. The van der Waals surface area contributed by atoms with Gasteiger partial charge >= 0.3 is 0 Å². The van der Waals surface area contributed by atoms with Crippen LogP contribution < -0.4 is 15.0 Å². The van der Waals surface area contributed by atoms with Crippen molar-refractivity contribution in [3.8, 4) is 11.6 Å². The maximum Gasteiger partial charge on any atom is 0.263 e. The van der Waals surface area contributed by atoms with Crippen LogP contribution in [0.25, 0.3) is 0 Å². The lowest BCUT2D eigenvalue weighted by molar-refractivity contribution is -0.125. The molecule has 0 bridgehead atoms. The zero-order chi connectivity index (χ0) is 22.2. The van der Waals surface area contributed by atoms with Gasteiger partial charge in [-0.3, -0.25) is 4.79 Å². The Hall–Kier alpha value is -3.41. The van der Waals surface area contributed by atoms with E-state index in [1.807, 2.05) is 36.4 Å². The van der Waals surface area contributed by atoms with Crippen LogP contribution >= 0.6 is 0 Å². The van der Waals surface area contributed by atoms with E-state index in [0.717, 1.165) is 32.2 Å². The summed E-state index contributed by atoms with van der Waals surface area (Å²) in [5.41, 5.74) is 1.30. The van der Waals surface area contributed by atoms with Crippen molar-refractivity contribution in [2.24, 2.45) is 5.92 Å². The molecule has 1 N–H and O–H groups in total. The number of para-hydroxylation sites is 1. The summed E-state index contributed by atoms with van der Waals surface area (Å²) in [5, 5.41) is 3.21. The van der Waals surface area contributed by atoms with Crippen LogP contribution in [-0.2, 0) is 11.2 Å². The molecule has 4 rings (SSSR count). The minimum absolute atomic E-state index is 0.0745. The van der Waals surface area contributed by atoms with Gasteiger partial charge in [-0.2, -0.15) is 0 Å². The van der Waals surface area contributed by atoms with E-state index in [4.69, 9.17) is 4.74 Å². The minimum Gasteiger partial charge on any atom is -0.436 e. The SMILES string of the molecule is C[C@H](CCc1ccccc1)NC(=O)[C@@H]1CCCN(c2nccnc2Oc2ccccc2)C1. The largest absolute Gasteiger partial charge is 0.436 e. The summed E-state index contributed by atoms with van der Waals surface area (Å²) < 4.78 is 5.98. The molecule has 1 fully saturated rings. The molecule has 2 aromatic carbocycles. The van der Waals surface area contributed by atoms with Crippen molar-refractivity contribution in [2.45, 2.75) is 38.6 Å². The van der Waals surface area contributed by atoms with E-state index >= 15 is 0 Å². The number of ether oxygens (including phenoxy) is 1. The van der Waals surface area contributed by atoms with E-state index in [1.54, 1.807) is 12.4 Å². The highest BCUT2D eigenvalue weighted by Gasteiger charge is 2.29. The Bertz CT molecular complexity index is 997. The number of benzene rings is 2. The first-order valence-corrected chi connectivity index (χ1v) is 11.3. The van der Waals surface area contributed by atoms with Crippen LogP contribution in [0.1, 0.15) is 31.7 Å². The van der Waals surface area contributed by atoms with Crippen LogP contribution in [0.3, 0.4) is 0 Å². The first-order valence-electron chi connectivity index (χ1n) is 11.3. The third-order valence-electron chi connectivity index (χ3n) is 5.79. The van der Waals surface area contributed by atoms with Gasteiger partial charge in [-0.1, -0.05) is 48.5 Å². The Balaban J connectivity index is 1.35. The van der Waals surface area contributed by atoms with Gasteiger partial charge in [0.2, 0.25) is 5.91 Å². The van der Waals surface area contributed by atoms with Crippen molar-refractivity contribution in [3.63, 3.8) is 0 Å². The number of carbonyl (C=O) groups excluding carboxylic acids is 1. The van der Waals surface area contributed by atoms with Gasteiger partial charge in [-0.15, -0.1) is 0 Å². The molecule has 166 valence electrons. The van der Waals surface area contributed by atoms with Gasteiger partial charge in [0.25, 0.3) is 5.88 Å². The summed E-state index contributed by atoms with van der Waals surface area (Å²) >= 11 is 0. The normalized spacial score (nSPS) is 16.9. The summed E-state index contributed by atoms with van der Waals surface area (Å²) in [5.74, 6) is 1.91. The highest BCUT2D eigenvalue weighted by molar-refractivity contribution is 5.80. The number of nitrogens with zero attached hydrogens (tertiary/aromatic N) is 3. The molecule has 1 aliphatic heterocycles. The van der Waals surface area contributed by atoms with E-state index in [2.05, 4.69) is 51.4 Å². The highest BCUT2D eigenvalue weighted by atomic mass is 16.5. The van der Waals surface area contributed by atoms with Gasteiger partial charge in [0.15, 0.2) is 5.82 Å². The molecule has 0 spiro atoms. The Morgan fingerprint density at radius 1 is 1.09 bits per heavy atom. The van der Waals surface area contributed by atoms with Gasteiger partial charge in [-0.25, -0.2) is 9.97 Å². The van der Waals surface area contributed by atoms with E-state index in [9.17, 15) is 4.79 Å². The van der Waals surface area contributed by atoms with Crippen LogP contribution in [0.2, 0.25) is 0 Å². The molecule has 1 saturated heterocycles. The molecule has 1 aliphatic rings. The van der Waals surface area contributed by atoms with Crippen molar-refractivity contribution >= 4 is 11.7 Å². The topological polar surface area (TPSA) is 67.4 Å². The van der Waals surface area contributed by atoms with Gasteiger partial charge in [-0.05, 0) is 50.3 Å². The molecule has 32 heavy (non-hydrogen) atoms. The van der Waals surface area contributed by atoms with Crippen molar-refractivity contribution in [1.29, 1.82) is 0 Å². The summed E-state index contributed by atoms with van der Waals surface area (Å²) in [6.45, 7) is 3.52. The maximum absolute atomic E-state index is 13.0. The molecule has 3 aromatic rings. The van der Waals surface area contributed by atoms with Crippen LogP contribution in [0.5, 0.6) is 11.6 Å². The molecule has 1 aromatic heterocycles. The summed E-state index contributed by atoms with van der Waals surface area (Å²) in [7, 11) is 0. The number of hydrogen-bond acceptors (Lipinski definition) is 5. The fourth-order valence-electron chi connectivity index (χ4n) is 4.05. The number of rotatable bonds is 8.